The largest absolute Gasteiger partial charge is 0.308 e. The number of anilines is 1. The van der Waals surface area contributed by atoms with Gasteiger partial charge in [-0.2, -0.15) is 0 Å². The third-order valence-corrected chi connectivity index (χ3v) is 4.82. The Labute approximate surface area is 163 Å². The first-order valence-corrected chi connectivity index (χ1v) is 9.54. The fourth-order valence-electron chi connectivity index (χ4n) is 2.16. The molecule has 3 aromatic rings. The van der Waals surface area contributed by atoms with Gasteiger partial charge in [-0.1, -0.05) is 58.4 Å². The van der Waals surface area contributed by atoms with Crippen molar-refractivity contribution in [3.8, 4) is 11.3 Å². The minimum Gasteiger partial charge on any atom is -0.308 e. The van der Waals surface area contributed by atoms with Gasteiger partial charge in [0.2, 0.25) is 5.91 Å². The molecule has 0 fully saturated rings. The fourth-order valence-corrected chi connectivity index (χ4v) is 3.43. The normalized spacial score (nSPS) is 10.3. The van der Waals surface area contributed by atoms with Gasteiger partial charge in [0.1, 0.15) is 0 Å². The molecule has 0 radical (unpaired) electrons. The van der Waals surface area contributed by atoms with Crippen LogP contribution in [-0.4, -0.2) is 16.0 Å². The highest BCUT2D eigenvalue weighted by Crippen LogP contribution is 2.26. The number of halogens is 1. The molecule has 2 aromatic carbocycles. The highest BCUT2D eigenvalue weighted by Gasteiger charge is 2.09. The maximum Gasteiger partial charge on any atom is 0.230 e. The van der Waals surface area contributed by atoms with Crippen LogP contribution in [0.3, 0.4) is 0 Å². The summed E-state index contributed by atoms with van der Waals surface area (Å²) in [6, 6.07) is 17.4. The van der Waals surface area contributed by atoms with Gasteiger partial charge >= 0.3 is 0 Å². The number of nitrogens with one attached hydrogen (secondary N) is 2. The molecular weight excluding hydrogens is 418 g/mol. The summed E-state index contributed by atoms with van der Waals surface area (Å²) in [5, 5.41) is 8.47. The minimum absolute atomic E-state index is 0.159. The van der Waals surface area contributed by atoms with Crippen molar-refractivity contribution >= 4 is 55.6 Å². The molecule has 2 N–H and O–H groups in total. The molecule has 0 bridgehead atoms. The first-order valence-electron chi connectivity index (χ1n) is 7.46. The first-order chi connectivity index (χ1) is 12.1. The summed E-state index contributed by atoms with van der Waals surface area (Å²) in [4.78, 5) is 16.5. The summed E-state index contributed by atoms with van der Waals surface area (Å²) in [7, 11) is 0. The number of nitrogens with zero attached hydrogens (tertiary/aromatic N) is 1. The molecular formula is C18H14BrN3OS2. The van der Waals surface area contributed by atoms with Crippen molar-refractivity contribution < 1.29 is 4.79 Å². The van der Waals surface area contributed by atoms with Crippen molar-refractivity contribution in [1.82, 2.24) is 10.3 Å². The zero-order chi connectivity index (χ0) is 17.6. The van der Waals surface area contributed by atoms with Crippen LogP contribution in [0.5, 0.6) is 0 Å². The number of aromatic nitrogens is 1. The number of benzene rings is 2. The summed E-state index contributed by atoms with van der Waals surface area (Å²) in [5.74, 6) is -0.159. The third kappa shape index (κ3) is 5.19. The Morgan fingerprint density at radius 2 is 1.84 bits per heavy atom. The SMILES string of the molecule is O=C(Cc1ccccc1)NC(=S)Nc1nc(-c2ccc(Br)cc2)cs1. The average Bonchev–Trinajstić information content (AvgIpc) is 3.04. The van der Waals surface area contributed by atoms with Crippen LogP contribution in [0.1, 0.15) is 5.56 Å². The van der Waals surface area contributed by atoms with Crippen molar-refractivity contribution in [3.63, 3.8) is 0 Å². The summed E-state index contributed by atoms with van der Waals surface area (Å²) in [5.41, 5.74) is 2.82. The van der Waals surface area contributed by atoms with Gasteiger partial charge in [-0.3, -0.25) is 4.79 Å². The molecule has 7 heteroatoms. The van der Waals surface area contributed by atoms with Crippen LogP contribution in [0.15, 0.2) is 64.5 Å². The standard InChI is InChI=1S/C18H14BrN3OS2/c19-14-8-6-13(7-9-14)15-11-25-18(20-15)22-17(24)21-16(23)10-12-4-2-1-3-5-12/h1-9,11H,10H2,(H2,20,21,22,23,24). The molecule has 126 valence electrons. The van der Waals surface area contributed by atoms with Crippen molar-refractivity contribution in [2.45, 2.75) is 6.42 Å². The topological polar surface area (TPSA) is 54.0 Å². The number of thiocarbonyl (C=S) groups is 1. The van der Waals surface area contributed by atoms with E-state index >= 15 is 0 Å². The number of hydrogen-bond acceptors (Lipinski definition) is 4. The second-order valence-corrected chi connectivity index (χ2v) is 7.39. The van der Waals surface area contributed by atoms with Crippen LogP contribution in [-0.2, 0) is 11.2 Å². The lowest BCUT2D eigenvalue weighted by molar-refractivity contribution is -0.119. The minimum atomic E-state index is -0.159. The smallest absolute Gasteiger partial charge is 0.230 e. The third-order valence-electron chi connectivity index (χ3n) is 3.33. The van der Waals surface area contributed by atoms with Gasteiger partial charge in [-0.15, -0.1) is 11.3 Å². The maximum atomic E-state index is 12.0. The predicted molar refractivity (Wildman–Crippen MR) is 110 cm³/mol. The van der Waals surface area contributed by atoms with Crippen molar-refractivity contribution in [2.75, 3.05) is 5.32 Å². The molecule has 0 aliphatic carbocycles. The molecule has 4 nitrogen and oxygen atoms in total. The zero-order valence-electron chi connectivity index (χ0n) is 13.0. The molecule has 0 aliphatic heterocycles. The maximum absolute atomic E-state index is 12.0. The Bertz CT molecular complexity index is 879. The van der Waals surface area contributed by atoms with Gasteiger partial charge in [0, 0.05) is 15.4 Å². The number of carbonyl (C=O) groups excluding carboxylic acids is 1. The van der Waals surface area contributed by atoms with Crippen molar-refractivity contribution in [3.05, 3.63) is 70.0 Å². The lowest BCUT2D eigenvalue weighted by Crippen LogP contribution is -2.35. The Kier molecular flexibility index (Phi) is 5.91. The molecule has 0 saturated heterocycles. The average molecular weight is 432 g/mol. The van der Waals surface area contributed by atoms with Crippen molar-refractivity contribution in [1.29, 1.82) is 0 Å². The molecule has 1 aromatic heterocycles. The molecule has 0 spiro atoms. The van der Waals surface area contributed by atoms with Gasteiger partial charge in [0.15, 0.2) is 10.2 Å². The Hall–Kier alpha value is -2.09. The van der Waals surface area contributed by atoms with E-state index < -0.39 is 0 Å². The number of carbonyl (C=O) groups is 1. The van der Waals surface area contributed by atoms with Gasteiger partial charge in [0.25, 0.3) is 0 Å². The number of amides is 1. The Morgan fingerprint density at radius 1 is 1.12 bits per heavy atom. The van der Waals surface area contributed by atoms with Crippen LogP contribution < -0.4 is 10.6 Å². The van der Waals surface area contributed by atoms with E-state index in [0.717, 1.165) is 21.3 Å². The van der Waals surface area contributed by atoms with E-state index in [1.54, 1.807) is 0 Å². The molecule has 0 unspecified atom stereocenters. The number of thiazole rings is 1. The molecule has 0 atom stereocenters. The summed E-state index contributed by atoms with van der Waals surface area (Å²) in [6.45, 7) is 0. The van der Waals surface area contributed by atoms with Gasteiger partial charge < -0.3 is 10.6 Å². The van der Waals surface area contributed by atoms with E-state index in [0.29, 0.717) is 5.13 Å². The van der Waals surface area contributed by atoms with E-state index in [-0.39, 0.29) is 17.4 Å². The molecule has 1 heterocycles. The lowest BCUT2D eigenvalue weighted by Gasteiger charge is -2.07. The van der Waals surface area contributed by atoms with E-state index in [2.05, 4.69) is 31.5 Å². The van der Waals surface area contributed by atoms with Gasteiger partial charge in [-0.05, 0) is 29.9 Å². The number of hydrogen-bond donors (Lipinski definition) is 2. The van der Waals surface area contributed by atoms with Crippen LogP contribution in [0, 0.1) is 0 Å². The first kappa shape index (κ1) is 17.7. The predicted octanol–water partition coefficient (Wildman–Crippen LogP) is 4.63. The monoisotopic (exact) mass is 431 g/mol. The van der Waals surface area contributed by atoms with Crippen LogP contribution in [0.25, 0.3) is 11.3 Å². The molecule has 3 rings (SSSR count). The van der Waals surface area contributed by atoms with Crippen LogP contribution in [0.4, 0.5) is 5.13 Å². The number of rotatable bonds is 4. The Morgan fingerprint density at radius 3 is 2.56 bits per heavy atom. The fraction of sp³-hybridized carbons (Fsp3) is 0.0556. The van der Waals surface area contributed by atoms with Gasteiger partial charge in [-0.25, -0.2) is 4.98 Å². The summed E-state index contributed by atoms with van der Waals surface area (Å²) >= 11 is 10.0. The van der Waals surface area contributed by atoms with E-state index in [4.69, 9.17) is 12.2 Å². The van der Waals surface area contributed by atoms with Gasteiger partial charge in [0.05, 0.1) is 12.1 Å². The van der Waals surface area contributed by atoms with Crippen molar-refractivity contribution in [2.24, 2.45) is 0 Å². The van der Waals surface area contributed by atoms with E-state index in [9.17, 15) is 4.79 Å². The molecule has 0 saturated carbocycles. The summed E-state index contributed by atoms with van der Waals surface area (Å²) < 4.78 is 1.02. The highest BCUT2D eigenvalue weighted by atomic mass is 79.9. The van der Waals surface area contributed by atoms with E-state index in [1.807, 2.05) is 60.0 Å². The molecule has 0 aliphatic rings. The second-order valence-electron chi connectivity index (χ2n) is 5.21. The quantitative estimate of drug-likeness (QED) is 0.591. The second kappa shape index (κ2) is 8.33. The molecule has 25 heavy (non-hydrogen) atoms. The zero-order valence-corrected chi connectivity index (χ0v) is 16.2. The van der Waals surface area contributed by atoms with E-state index in [1.165, 1.54) is 11.3 Å². The summed E-state index contributed by atoms with van der Waals surface area (Å²) in [6.07, 6.45) is 0.282. The molecule has 1 amide bonds. The van der Waals surface area contributed by atoms with Crippen LogP contribution in [0.2, 0.25) is 0 Å². The van der Waals surface area contributed by atoms with Crippen LogP contribution >= 0.6 is 39.5 Å². The highest BCUT2D eigenvalue weighted by molar-refractivity contribution is 9.10. The Balaban J connectivity index is 1.56. The lowest BCUT2D eigenvalue weighted by atomic mass is 10.1.